The summed E-state index contributed by atoms with van der Waals surface area (Å²) in [6, 6.07) is 1.85. The summed E-state index contributed by atoms with van der Waals surface area (Å²) in [5, 5.41) is 17.5. The van der Waals surface area contributed by atoms with Crippen molar-refractivity contribution in [3.8, 4) is 0 Å². The molecule has 3 heterocycles. The van der Waals surface area contributed by atoms with Crippen molar-refractivity contribution in [2.45, 2.75) is 38.1 Å². The Balaban J connectivity index is 1.88. The SMILES string of the molecule is CC(C)c1nn(C)c2sc(C(=O)NC3(CC(=O)O)CCOC3)cc12. The van der Waals surface area contributed by atoms with Crippen LogP contribution in [-0.2, 0) is 16.6 Å². The first kappa shape index (κ1) is 16.9. The Morgan fingerprint density at radius 3 is 2.88 bits per heavy atom. The standard InChI is InChI=1S/C16H21N3O4S/c1-9(2)13-10-6-11(24-15(10)19(3)18-13)14(22)17-16(7-12(20)21)4-5-23-8-16/h6,9H,4-5,7-8H2,1-3H3,(H,17,22)(H,20,21). The number of carbonyl (C=O) groups is 2. The van der Waals surface area contributed by atoms with E-state index < -0.39 is 11.5 Å². The van der Waals surface area contributed by atoms with Gasteiger partial charge in [-0.1, -0.05) is 13.8 Å². The van der Waals surface area contributed by atoms with Gasteiger partial charge in [0.15, 0.2) is 0 Å². The maximum absolute atomic E-state index is 12.7. The highest BCUT2D eigenvalue weighted by Crippen LogP contribution is 2.32. The molecular formula is C16H21N3O4S. The normalized spacial score (nSPS) is 20.8. The van der Waals surface area contributed by atoms with Gasteiger partial charge in [0.05, 0.1) is 29.1 Å². The van der Waals surface area contributed by atoms with Gasteiger partial charge in [-0.2, -0.15) is 5.10 Å². The van der Waals surface area contributed by atoms with Crippen molar-refractivity contribution < 1.29 is 19.4 Å². The number of aryl methyl sites for hydroxylation is 1. The van der Waals surface area contributed by atoms with Gasteiger partial charge in [0.25, 0.3) is 5.91 Å². The van der Waals surface area contributed by atoms with E-state index in [0.717, 1.165) is 15.9 Å². The lowest BCUT2D eigenvalue weighted by atomic mass is 9.94. The summed E-state index contributed by atoms with van der Waals surface area (Å²) in [5.41, 5.74) is 0.144. The Kier molecular flexibility index (Phi) is 4.35. The highest BCUT2D eigenvalue weighted by molar-refractivity contribution is 7.20. The second-order valence-electron chi connectivity index (χ2n) is 6.60. The summed E-state index contributed by atoms with van der Waals surface area (Å²) in [6.07, 6.45) is 0.372. The fraction of sp³-hybridized carbons (Fsp3) is 0.562. The van der Waals surface area contributed by atoms with E-state index in [1.54, 1.807) is 4.68 Å². The molecule has 2 N–H and O–H groups in total. The van der Waals surface area contributed by atoms with Crippen molar-refractivity contribution in [1.29, 1.82) is 0 Å². The molecule has 24 heavy (non-hydrogen) atoms. The third kappa shape index (κ3) is 3.03. The van der Waals surface area contributed by atoms with Gasteiger partial charge >= 0.3 is 5.97 Å². The summed E-state index contributed by atoms with van der Waals surface area (Å²) >= 11 is 1.37. The number of thiophene rings is 1. The molecule has 0 bridgehead atoms. The van der Waals surface area contributed by atoms with Gasteiger partial charge in [0, 0.05) is 19.0 Å². The quantitative estimate of drug-likeness (QED) is 0.861. The molecule has 0 aromatic carbocycles. The average Bonchev–Trinajstić information content (AvgIpc) is 3.15. The minimum atomic E-state index is -0.941. The molecule has 7 nitrogen and oxygen atoms in total. The number of carbonyl (C=O) groups excluding carboxylic acids is 1. The Hall–Kier alpha value is -1.93. The van der Waals surface area contributed by atoms with Gasteiger partial charge in [-0.15, -0.1) is 11.3 Å². The van der Waals surface area contributed by atoms with Gasteiger partial charge in [0.1, 0.15) is 4.83 Å². The van der Waals surface area contributed by atoms with Gasteiger partial charge < -0.3 is 15.2 Å². The topological polar surface area (TPSA) is 93.5 Å². The van der Waals surface area contributed by atoms with E-state index in [1.807, 2.05) is 13.1 Å². The zero-order valence-electron chi connectivity index (χ0n) is 14.0. The van der Waals surface area contributed by atoms with E-state index in [0.29, 0.717) is 17.9 Å². The fourth-order valence-corrected chi connectivity index (χ4v) is 4.06. The van der Waals surface area contributed by atoms with Crippen LogP contribution in [0, 0.1) is 0 Å². The van der Waals surface area contributed by atoms with Gasteiger partial charge in [-0.05, 0) is 18.4 Å². The van der Waals surface area contributed by atoms with Crippen molar-refractivity contribution in [2.24, 2.45) is 7.05 Å². The minimum absolute atomic E-state index is 0.136. The van der Waals surface area contributed by atoms with Crippen LogP contribution in [0.5, 0.6) is 0 Å². The summed E-state index contributed by atoms with van der Waals surface area (Å²) in [7, 11) is 1.86. The summed E-state index contributed by atoms with van der Waals surface area (Å²) in [6.45, 7) is 4.82. The van der Waals surface area contributed by atoms with E-state index >= 15 is 0 Å². The summed E-state index contributed by atoms with van der Waals surface area (Å²) in [4.78, 5) is 25.3. The second kappa shape index (κ2) is 6.18. The highest BCUT2D eigenvalue weighted by Gasteiger charge is 2.39. The van der Waals surface area contributed by atoms with Crippen molar-refractivity contribution in [3.63, 3.8) is 0 Å². The third-order valence-electron chi connectivity index (χ3n) is 4.28. The maximum atomic E-state index is 12.7. The molecule has 130 valence electrons. The summed E-state index contributed by atoms with van der Waals surface area (Å²) < 4.78 is 7.11. The first-order valence-corrected chi connectivity index (χ1v) is 8.71. The predicted octanol–water partition coefficient (Wildman–Crippen LogP) is 2.12. The van der Waals surface area contributed by atoms with E-state index in [2.05, 4.69) is 24.3 Å². The molecular weight excluding hydrogens is 330 g/mol. The molecule has 0 radical (unpaired) electrons. The number of amides is 1. The monoisotopic (exact) mass is 351 g/mol. The minimum Gasteiger partial charge on any atom is -0.481 e. The van der Waals surface area contributed by atoms with Gasteiger partial charge in [0.2, 0.25) is 0 Å². The number of aromatic nitrogens is 2. The van der Waals surface area contributed by atoms with Gasteiger partial charge in [-0.3, -0.25) is 14.3 Å². The lowest BCUT2D eigenvalue weighted by Crippen LogP contribution is -2.50. The molecule has 1 fully saturated rings. The molecule has 1 aliphatic heterocycles. The molecule has 1 atom stereocenters. The number of aliphatic carboxylic acids is 1. The number of hydrogen-bond acceptors (Lipinski definition) is 5. The first-order valence-electron chi connectivity index (χ1n) is 7.90. The number of carboxylic acids is 1. The molecule has 1 amide bonds. The largest absolute Gasteiger partial charge is 0.481 e. The van der Waals surface area contributed by atoms with Crippen molar-refractivity contribution in [2.75, 3.05) is 13.2 Å². The van der Waals surface area contributed by atoms with E-state index in [9.17, 15) is 9.59 Å². The number of fused-ring (bicyclic) bond motifs is 1. The first-order chi connectivity index (χ1) is 11.3. The number of ether oxygens (including phenoxy) is 1. The van der Waals surface area contributed by atoms with E-state index in [4.69, 9.17) is 9.84 Å². The van der Waals surface area contributed by atoms with Crippen LogP contribution in [0.15, 0.2) is 6.07 Å². The maximum Gasteiger partial charge on any atom is 0.305 e. The van der Waals surface area contributed by atoms with Crippen molar-refractivity contribution in [1.82, 2.24) is 15.1 Å². The highest BCUT2D eigenvalue weighted by atomic mass is 32.1. The van der Waals surface area contributed by atoms with Crippen LogP contribution < -0.4 is 5.32 Å². The summed E-state index contributed by atoms with van der Waals surface area (Å²) in [5.74, 6) is -0.929. The number of nitrogens with zero attached hydrogens (tertiary/aromatic N) is 2. The molecule has 3 rings (SSSR count). The second-order valence-corrected chi connectivity index (χ2v) is 7.63. The fourth-order valence-electron chi connectivity index (χ4n) is 3.09. The zero-order valence-corrected chi connectivity index (χ0v) is 14.8. The van der Waals surface area contributed by atoms with Crippen molar-refractivity contribution in [3.05, 3.63) is 16.6 Å². The lowest BCUT2D eigenvalue weighted by molar-refractivity contribution is -0.138. The number of nitrogens with one attached hydrogen (secondary N) is 1. The van der Waals surface area contributed by atoms with Crippen LogP contribution in [0.1, 0.15) is 48.0 Å². The smallest absolute Gasteiger partial charge is 0.305 e. The zero-order chi connectivity index (χ0) is 17.5. The van der Waals surface area contributed by atoms with Crippen molar-refractivity contribution >= 4 is 33.4 Å². The average molecular weight is 351 g/mol. The molecule has 0 spiro atoms. The van der Waals surface area contributed by atoms with Crippen LogP contribution >= 0.6 is 11.3 Å². The molecule has 0 aliphatic carbocycles. The Morgan fingerprint density at radius 2 is 2.29 bits per heavy atom. The van der Waals surface area contributed by atoms with Crippen LogP contribution in [0.3, 0.4) is 0 Å². The molecule has 1 aliphatic rings. The van der Waals surface area contributed by atoms with Gasteiger partial charge in [-0.25, -0.2) is 0 Å². The molecule has 2 aromatic heterocycles. The van der Waals surface area contributed by atoms with Crippen LogP contribution in [0.4, 0.5) is 0 Å². The number of rotatable bonds is 5. The Labute approximate surface area is 143 Å². The van der Waals surface area contributed by atoms with Crippen LogP contribution in [0.2, 0.25) is 0 Å². The predicted molar refractivity (Wildman–Crippen MR) is 90.6 cm³/mol. The van der Waals surface area contributed by atoms with E-state index in [1.165, 1.54) is 11.3 Å². The van der Waals surface area contributed by atoms with Crippen LogP contribution in [0.25, 0.3) is 10.2 Å². The lowest BCUT2D eigenvalue weighted by Gasteiger charge is -2.26. The third-order valence-corrected chi connectivity index (χ3v) is 5.48. The van der Waals surface area contributed by atoms with E-state index in [-0.39, 0.29) is 24.9 Å². The Morgan fingerprint density at radius 1 is 1.54 bits per heavy atom. The number of hydrogen-bond donors (Lipinski definition) is 2. The molecule has 0 saturated carbocycles. The Bertz CT molecular complexity index is 787. The molecule has 8 heteroatoms. The number of carboxylic acid groups (broad SMARTS) is 1. The molecule has 2 aromatic rings. The molecule has 1 unspecified atom stereocenters. The van der Waals surface area contributed by atoms with Crippen LogP contribution in [-0.4, -0.2) is 45.5 Å². The molecule has 1 saturated heterocycles.